The molecule has 0 aliphatic carbocycles. The maximum Gasteiger partial charge on any atom is 0.136 e. The molecule has 4 heteroatoms. The lowest BCUT2D eigenvalue weighted by atomic mass is 9.96. The SMILES string of the molecule is c1cncc(-c2ccc(-c3cccc4oc5ccc(-c6ccc7ccc8cccnc8c7n6)cc5c34)cc2)c1. The van der Waals surface area contributed by atoms with E-state index in [2.05, 4.69) is 94.9 Å². The number of rotatable bonds is 3. The first kappa shape index (κ1) is 21.7. The highest BCUT2D eigenvalue weighted by Crippen LogP contribution is 2.39. The van der Waals surface area contributed by atoms with Crippen molar-refractivity contribution >= 4 is 43.7 Å². The van der Waals surface area contributed by atoms with Crippen molar-refractivity contribution in [3.05, 3.63) is 128 Å². The molecule has 0 aliphatic heterocycles. The fourth-order valence-electron chi connectivity index (χ4n) is 5.49. The van der Waals surface area contributed by atoms with Gasteiger partial charge in [0.25, 0.3) is 0 Å². The first-order valence-electron chi connectivity index (χ1n) is 12.9. The number of aromatic nitrogens is 3. The topological polar surface area (TPSA) is 51.8 Å². The highest BCUT2D eigenvalue weighted by Gasteiger charge is 2.15. The number of pyridine rings is 3. The maximum atomic E-state index is 6.29. The molecule has 0 fully saturated rings. The molecule has 0 atom stereocenters. The van der Waals surface area contributed by atoms with E-state index in [-0.39, 0.29) is 0 Å². The summed E-state index contributed by atoms with van der Waals surface area (Å²) in [5, 5.41) is 4.35. The quantitative estimate of drug-likeness (QED) is 0.228. The number of hydrogen-bond donors (Lipinski definition) is 0. The monoisotopic (exact) mass is 499 g/mol. The largest absolute Gasteiger partial charge is 0.456 e. The van der Waals surface area contributed by atoms with Crippen LogP contribution in [0.15, 0.2) is 132 Å². The number of nitrogens with zero attached hydrogens (tertiary/aromatic N) is 3. The van der Waals surface area contributed by atoms with Gasteiger partial charge in [-0.3, -0.25) is 9.97 Å². The molecule has 0 aliphatic rings. The van der Waals surface area contributed by atoms with Gasteiger partial charge < -0.3 is 4.42 Å². The van der Waals surface area contributed by atoms with E-state index >= 15 is 0 Å². The van der Waals surface area contributed by atoms with Gasteiger partial charge in [-0.05, 0) is 64.7 Å². The van der Waals surface area contributed by atoms with E-state index in [4.69, 9.17) is 9.40 Å². The molecule has 39 heavy (non-hydrogen) atoms. The van der Waals surface area contributed by atoms with Crippen LogP contribution < -0.4 is 0 Å². The number of benzene rings is 4. The minimum Gasteiger partial charge on any atom is -0.456 e. The van der Waals surface area contributed by atoms with Crippen LogP contribution in [-0.4, -0.2) is 15.0 Å². The van der Waals surface area contributed by atoms with Crippen molar-refractivity contribution in [3.63, 3.8) is 0 Å². The molecule has 0 amide bonds. The molecule has 4 aromatic heterocycles. The molecular formula is C35H21N3O. The fourth-order valence-corrected chi connectivity index (χ4v) is 5.49. The van der Waals surface area contributed by atoms with Crippen LogP contribution in [0.3, 0.4) is 0 Å². The second-order valence-electron chi connectivity index (χ2n) is 9.72. The van der Waals surface area contributed by atoms with Crippen LogP contribution in [-0.2, 0) is 0 Å². The Bertz CT molecular complexity index is 2160. The van der Waals surface area contributed by atoms with Gasteiger partial charge in [-0.15, -0.1) is 0 Å². The van der Waals surface area contributed by atoms with E-state index in [0.29, 0.717) is 0 Å². The van der Waals surface area contributed by atoms with Crippen molar-refractivity contribution in [2.75, 3.05) is 0 Å². The van der Waals surface area contributed by atoms with Gasteiger partial charge in [-0.1, -0.05) is 66.7 Å². The molecule has 182 valence electrons. The third-order valence-corrected chi connectivity index (χ3v) is 7.41. The van der Waals surface area contributed by atoms with E-state index in [9.17, 15) is 0 Å². The number of fused-ring (bicyclic) bond motifs is 6. The average Bonchev–Trinajstić information content (AvgIpc) is 3.39. The van der Waals surface area contributed by atoms with Crippen molar-refractivity contribution in [3.8, 4) is 33.5 Å². The average molecular weight is 500 g/mol. The molecule has 0 N–H and O–H groups in total. The molecular weight excluding hydrogens is 478 g/mol. The molecule has 0 unspecified atom stereocenters. The standard InChI is InChI=1S/C35H21N3O/c1-6-28(23-10-8-22(9-11-23)27-5-2-18-36-21-27)33-29-20-26(15-17-31(29)39-32(33)7-1)30-16-14-25-13-12-24-4-3-19-37-34(24)35(25)38-30/h1-21H. The normalized spacial score (nSPS) is 11.6. The second-order valence-corrected chi connectivity index (χ2v) is 9.72. The summed E-state index contributed by atoms with van der Waals surface area (Å²) in [6.45, 7) is 0. The summed E-state index contributed by atoms with van der Waals surface area (Å²) in [4.78, 5) is 13.9. The Labute approximate surface area is 224 Å². The third-order valence-electron chi connectivity index (χ3n) is 7.41. The smallest absolute Gasteiger partial charge is 0.136 e. The van der Waals surface area contributed by atoms with E-state index in [1.807, 2.05) is 36.7 Å². The van der Waals surface area contributed by atoms with Crippen molar-refractivity contribution in [1.29, 1.82) is 0 Å². The lowest BCUT2D eigenvalue weighted by molar-refractivity contribution is 0.669. The fraction of sp³-hybridized carbons (Fsp3) is 0. The van der Waals surface area contributed by atoms with Gasteiger partial charge in [-0.25, -0.2) is 4.98 Å². The van der Waals surface area contributed by atoms with Gasteiger partial charge in [0.05, 0.1) is 16.7 Å². The Balaban J connectivity index is 1.28. The Kier molecular flexibility index (Phi) is 4.79. The van der Waals surface area contributed by atoms with E-state index in [1.54, 1.807) is 6.20 Å². The van der Waals surface area contributed by atoms with Gasteiger partial charge in [0, 0.05) is 45.7 Å². The lowest BCUT2D eigenvalue weighted by Gasteiger charge is -2.07. The molecule has 0 bridgehead atoms. The van der Waals surface area contributed by atoms with Gasteiger partial charge in [0.2, 0.25) is 0 Å². The van der Waals surface area contributed by atoms with Crippen molar-refractivity contribution < 1.29 is 4.42 Å². The zero-order chi connectivity index (χ0) is 25.8. The van der Waals surface area contributed by atoms with Crippen molar-refractivity contribution in [1.82, 2.24) is 15.0 Å². The highest BCUT2D eigenvalue weighted by atomic mass is 16.3. The molecule has 4 nitrogen and oxygen atoms in total. The number of furan rings is 1. The van der Waals surface area contributed by atoms with Crippen LogP contribution in [0.5, 0.6) is 0 Å². The van der Waals surface area contributed by atoms with Gasteiger partial charge in [-0.2, -0.15) is 0 Å². The Morgan fingerprint density at radius 3 is 2.21 bits per heavy atom. The van der Waals surface area contributed by atoms with Crippen LogP contribution in [0.1, 0.15) is 0 Å². The summed E-state index contributed by atoms with van der Waals surface area (Å²) < 4.78 is 6.29. The minimum absolute atomic E-state index is 0.862. The molecule has 8 rings (SSSR count). The van der Waals surface area contributed by atoms with Gasteiger partial charge in [0.1, 0.15) is 11.2 Å². The summed E-state index contributed by atoms with van der Waals surface area (Å²) in [5.41, 5.74) is 10.1. The molecule has 8 aromatic rings. The van der Waals surface area contributed by atoms with Crippen molar-refractivity contribution in [2.24, 2.45) is 0 Å². The van der Waals surface area contributed by atoms with Crippen LogP contribution in [0.25, 0.3) is 77.3 Å². The van der Waals surface area contributed by atoms with Crippen LogP contribution in [0.2, 0.25) is 0 Å². The molecule has 0 spiro atoms. The zero-order valence-corrected chi connectivity index (χ0v) is 20.9. The molecule has 4 heterocycles. The van der Waals surface area contributed by atoms with Crippen molar-refractivity contribution in [2.45, 2.75) is 0 Å². The highest BCUT2D eigenvalue weighted by molar-refractivity contribution is 6.13. The third kappa shape index (κ3) is 3.57. The van der Waals surface area contributed by atoms with Crippen LogP contribution in [0.4, 0.5) is 0 Å². The predicted molar refractivity (Wildman–Crippen MR) is 158 cm³/mol. The molecule has 0 saturated heterocycles. The van der Waals surface area contributed by atoms with E-state index in [1.165, 1.54) is 0 Å². The van der Waals surface area contributed by atoms with E-state index in [0.717, 1.165) is 77.3 Å². The second kappa shape index (κ2) is 8.61. The van der Waals surface area contributed by atoms with Gasteiger partial charge >= 0.3 is 0 Å². The Morgan fingerprint density at radius 1 is 0.538 bits per heavy atom. The predicted octanol–water partition coefficient (Wildman–Crippen LogP) is 9.08. The molecule has 0 saturated carbocycles. The first-order valence-corrected chi connectivity index (χ1v) is 12.9. The minimum atomic E-state index is 0.862. The Hall–Kier alpha value is -5.35. The molecule has 0 radical (unpaired) electrons. The Morgan fingerprint density at radius 2 is 1.33 bits per heavy atom. The zero-order valence-electron chi connectivity index (χ0n) is 20.9. The van der Waals surface area contributed by atoms with Crippen LogP contribution >= 0.6 is 0 Å². The summed E-state index contributed by atoms with van der Waals surface area (Å²) in [6.07, 6.45) is 5.51. The summed E-state index contributed by atoms with van der Waals surface area (Å²) in [7, 11) is 0. The van der Waals surface area contributed by atoms with Crippen LogP contribution in [0, 0.1) is 0 Å². The van der Waals surface area contributed by atoms with Gasteiger partial charge in [0.15, 0.2) is 0 Å². The number of hydrogen-bond acceptors (Lipinski definition) is 4. The summed E-state index contributed by atoms with van der Waals surface area (Å²) >= 11 is 0. The lowest BCUT2D eigenvalue weighted by Crippen LogP contribution is -1.88. The van der Waals surface area contributed by atoms with E-state index < -0.39 is 0 Å². The summed E-state index contributed by atoms with van der Waals surface area (Å²) in [6, 6.07) is 37.7. The first-order chi connectivity index (χ1) is 19.3. The molecule has 4 aromatic carbocycles. The summed E-state index contributed by atoms with van der Waals surface area (Å²) in [5.74, 6) is 0. The maximum absolute atomic E-state index is 6.29.